The highest BCUT2D eigenvalue weighted by Crippen LogP contribution is 2.14. The molecule has 1 fully saturated rings. The molecule has 5 heteroatoms. The molecule has 14 heavy (non-hydrogen) atoms. The smallest absolute Gasteiger partial charge is 0.226 e. The first-order chi connectivity index (χ1) is 6.43. The van der Waals surface area contributed by atoms with Crippen molar-refractivity contribution in [2.45, 2.75) is 25.8 Å². The minimum absolute atomic E-state index is 0.0275. The van der Waals surface area contributed by atoms with E-state index in [0.717, 1.165) is 6.42 Å². The second kappa shape index (κ2) is 4.23. The standard InChI is InChI=1S/C9H16N2O2S/c1-9(2,8(10)14)11-7(12)6-3-4-13-5-6/h6H,3-5H2,1-2H3,(H2,10,14)(H,11,12). The molecule has 1 heterocycles. The summed E-state index contributed by atoms with van der Waals surface area (Å²) in [4.78, 5) is 12.0. The number of nitrogens with one attached hydrogen (secondary N) is 1. The van der Waals surface area contributed by atoms with E-state index in [1.54, 1.807) is 13.8 Å². The van der Waals surface area contributed by atoms with Gasteiger partial charge in [-0.05, 0) is 20.3 Å². The quantitative estimate of drug-likeness (QED) is 0.662. The zero-order valence-electron chi connectivity index (χ0n) is 8.50. The van der Waals surface area contributed by atoms with Crippen LogP contribution >= 0.6 is 12.2 Å². The minimum atomic E-state index is -0.616. The van der Waals surface area contributed by atoms with E-state index in [1.807, 2.05) is 0 Å². The molecule has 0 spiro atoms. The molecule has 80 valence electrons. The summed E-state index contributed by atoms with van der Waals surface area (Å²) >= 11 is 4.86. The Morgan fingerprint density at radius 2 is 2.29 bits per heavy atom. The van der Waals surface area contributed by atoms with Crippen LogP contribution in [0.4, 0.5) is 0 Å². The van der Waals surface area contributed by atoms with Crippen LogP contribution in [0.3, 0.4) is 0 Å². The van der Waals surface area contributed by atoms with Gasteiger partial charge in [-0.25, -0.2) is 0 Å². The Hall–Kier alpha value is -0.680. The summed E-state index contributed by atoms with van der Waals surface area (Å²) < 4.78 is 5.13. The monoisotopic (exact) mass is 216 g/mol. The van der Waals surface area contributed by atoms with Gasteiger partial charge in [-0.1, -0.05) is 12.2 Å². The average Bonchev–Trinajstić information content (AvgIpc) is 2.54. The first-order valence-corrected chi connectivity index (χ1v) is 5.04. The molecule has 4 nitrogen and oxygen atoms in total. The normalized spacial score (nSPS) is 22.0. The van der Waals surface area contributed by atoms with Crippen LogP contribution in [-0.2, 0) is 9.53 Å². The van der Waals surface area contributed by atoms with E-state index in [1.165, 1.54) is 0 Å². The van der Waals surface area contributed by atoms with Crippen molar-refractivity contribution >= 4 is 23.1 Å². The van der Waals surface area contributed by atoms with Crippen molar-refractivity contribution < 1.29 is 9.53 Å². The molecular weight excluding hydrogens is 200 g/mol. The summed E-state index contributed by atoms with van der Waals surface area (Å²) in [7, 11) is 0. The van der Waals surface area contributed by atoms with Crippen LogP contribution in [0.5, 0.6) is 0 Å². The molecule has 1 atom stereocenters. The van der Waals surface area contributed by atoms with E-state index in [2.05, 4.69) is 5.32 Å². The maximum Gasteiger partial charge on any atom is 0.226 e. The summed E-state index contributed by atoms with van der Waals surface area (Å²) in [5.74, 6) is -0.0797. The van der Waals surface area contributed by atoms with Crippen LogP contribution in [0.15, 0.2) is 0 Å². The SMILES string of the molecule is CC(C)(NC(=O)C1CCOC1)C(N)=S. The molecular formula is C9H16N2O2S. The zero-order valence-corrected chi connectivity index (χ0v) is 9.32. The molecule has 1 amide bonds. The van der Waals surface area contributed by atoms with Crippen molar-refractivity contribution in [2.24, 2.45) is 11.7 Å². The first kappa shape index (κ1) is 11.4. The van der Waals surface area contributed by atoms with Crippen molar-refractivity contribution in [3.63, 3.8) is 0 Å². The van der Waals surface area contributed by atoms with Crippen molar-refractivity contribution in [1.29, 1.82) is 0 Å². The van der Waals surface area contributed by atoms with Crippen LogP contribution in [0.25, 0.3) is 0 Å². The lowest BCUT2D eigenvalue weighted by Crippen LogP contribution is -2.53. The second-order valence-corrected chi connectivity index (χ2v) is 4.48. The fraction of sp³-hybridized carbons (Fsp3) is 0.778. The highest BCUT2D eigenvalue weighted by Gasteiger charge is 2.29. The molecule has 1 aliphatic rings. The van der Waals surface area contributed by atoms with Crippen molar-refractivity contribution in [3.8, 4) is 0 Å². The minimum Gasteiger partial charge on any atom is -0.391 e. The van der Waals surface area contributed by atoms with Gasteiger partial charge in [0.15, 0.2) is 0 Å². The molecule has 1 aliphatic heterocycles. The number of amides is 1. The van der Waals surface area contributed by atoms with E-state index in [4.69, 9.17) is 22.7 Å². The maximum atomic E-state index is 11.7. The molecule has 1 unspecified atom stereocenters. The van der Waals surface area contributed by atoms with Gasteiger partial charge >= 0.3 is 0 Å². The van der Waals surface area contributed by atoms with Crippen LogP contribution in [-0.4, -0.2) is 29.6 Å². The number of thiocarbonyl (C=S) groups is 1. The number of hydrogen-bond donors (Lipinski definition) is 2. The predicted octanol–water partition coefficient (Wildman–Crippen LogP) is 0.204. The predicted molar refractivity (Wildman–Crippen MR) is 57.9 cm³/mol. The first-order valence-electron chi connectivity index (χ1n) is 4.63. The molecule has 0 aromatic heterocycles. The molecule has 3 N–H and O–H groups in total. The molecule has 0 aromatic rings. The van der Waals surface area contributed by atoms with E-state index in [9.17, 15) is 4.79 Å². The van der Waals surface area contributed by atoms with Gasteiger partial charge in [0, 0.05) is 6.61 Å². The van der Waals surface area contributed by atoms with Crippen LogP contribution in [0.2, 0.25) is 0 Å². The van der Waals surface area contributed by atoms with E-state index in [-0.39, 0.29) is 11.8 Å². The van der Waals surface area contributed by atoms with E-state index in [0.29, 0.717) is 18.2 Å². The summed E-state index contributed by atoms with van der Waals surface area (Å²) in [6, 6.07) is 0. The van der Waals surface area contributed by atoms with Crippen molar-refractivity contribution in [2.75, 3.05) is 13.2 Å². The van der Waals surface area contributed by atoms with E-state index >= 15 is 0 Å². The third-order valence-corrected chi connectivity index (χ3v) is 2.86. The third-order valence-electron chi connectivity index (χ3n) is 2.35. The Bertz CT molecular complexity index is 247. The fourth-order valence-electron chi connectivity index (χ4n) is 1.21. The lowest BCUT2D eigenvalue weighted by Gasteiger charge is -2.26. The van der Waals surface area contributed by atoms with Crippen molar-refractivity contribution in [1.82, 2.24) is 5.32 Å². The fourth-order valence-corrected chi connectivity index (χ4v) is 1.26. The largest absolute Gasteiger partial charge is 0.391 e. The Balaban J connectivity index is 2.51. The number of rotatable bonds is 3. The maximum absolute atomic E-state index is 11.7. The number of carbonyl (C=O) groups excluding carboxylic acids is 1. The van der Waals surface area contributed by atoms with Gasteiger partial charge in [-0.2, -0.15) is 0 Å². The molecule has 0 aromatic carbocycles. The Morgan fingerprint density at radius 1 is 1.64 bits per heavy atom. The van der Waals surface area contributed by atoms with E-state index < -0.39 is 5.54 Å². The molecule has 0 bridgehead atoms. The number of carbonyl (C=O) groups is 1. The summed E-state index contributed by atoms with van der Waals surface area (Å²) in [5, 5.41) is 2.81. The Labute approximate surface area is 89.2 Å². The highest BCUT2D eigenvalue weighted by atomic mass is 32.1. The van der Waals surface area contributed by atoms with Gasteiger partial charge in [-0.3, -0.25) is 4.79 Å². The zero-order chi connectivity index (χ0) is 10.8. The molecule has 1 rings (SSSR count). The van der Waals surface area contributed by atoms with Gasteiger partial charge in [0.1, 0.15) is 0 Å². The van der Waals surface area contributed by atoms with Gasteiger partial charge in [0.25, 0.3) is 0 Å². The van der Waals surface area contributed by atoms with Crippen LogP contribution < -0.4 is 11.1 Å². The topological polar surface area (TPSA) is 64.3 Å². The lowest BCUT2D eigenvalue weighted by atomic mass is 10.0. The third kappa shape index (κ3) is 2.65. The molecule has 0 radical (unpaired) electrons. The van der Waals surface area contributed by atoms with Gasteiger partial charge in [-0.15, -0.1) is 0 Å². The van der Waals surface area contributed by atoms with Gasteiger partial charge in [0.05, 0.1) is 23.1 Å². The van der Waals surface area contributed by atoms with Gasteiger partial charge < -0.3 is 15.8 Å². The van der Waals surface area contributed by atoms with Gasteiger partial charge in [0.2, 0.25) is 5.91 Å². The van der Waals surface area contributed by atoms with Crippen LogP contribution in [0, 0.1) is 5.92 Å². The number of hydrogen-bond acceptors (Lipinski definition) is 3. The summed E-state index contributed by atoms with van der Waals surface area (Å²) in [6.45, 7) is 4.75. The Kier molecular flexibility index (Phi) is 3.44. The molecule has 0 aliphatic carbocycles. The van der Waals surface area contributed by atoms with Crippen molar-refractivity contribution in [3.05, 3.63) is 0 Å². The molecule has 1 saturated heterocycles. The second-order valence-electron chi connectivity index (χ2n) is 4.04. The summed E-state index contributed by atoms with van der Waals surface area (Å²) in [6.07, 6.45) is 0.777. The van der Waals surface area contributed by atoms with Crippen LogP contribution in [0.1, 0.15) is 20.3 Å². The Morgan fingerprint density at radius 3 is 2.71 bits per heavy atom. The average molecular weight is 216 g/mol. The summed E-state index contributed by atoms with van der Waals surface area (Å²) in [5.41, 5.74) is 4.89. The molecule has 0 saturated carbocycles. The highest BCUT2D eigenvalue weighted by molar-refractivity contribution is 7.80. The number of nitrogens with two attached hydrogens (primary N) is 1. The lowest BCUT2D eigenvalue weighted by molar-refractivity contribution is -0.125. The number of ether oxygens (including phenoxy) is 1.